The molecule has 0 spiro atoms. The molecule has 0 bridgehead atoms. The van der Waals surface area contributed by atoms with Crippen LogP contribution in [-0.2, 0) is 0 Å². The van der Waals surface area contributed by atoms with Gasteiger partial charge in [0.1, 0.15) is 0 Å². The molecule has 0 fully saturated rings. The Bertz CT molecular complexity index is 674. The third-order valence-electron chi connectivity index (χ3n) is 1.97. The van der Waals surface area contributed by atoms with E-state index in [1.54, 1.807) is 0 Å². The molecule has 0 aliphatic rings. The van der Waals surface area contributed by atoms with E-state index in [0.717, 1.165) is 6.07 Å². The molecule has 2 heterocycles. The van der Waals surface area contributed by atoms with Crippen LogP contribution in [-0.4, -0.2) is 10.3 Å². The molecular weight excluding hydrogens is 211 g/mol. The van der Waals surface area contributed by atoms with Gasteiger partial charge in [0.25, 0.3) is 11.0 Å². The van der Waals surface area contributed by atoms with Crippen LogP contribution in [0.15, 0.2) is 15.3 Å². The second-order valence-electron chi connectivity index (χ2n) is 2.78. The van der Waals surface area contributed by atoms with E-state index < -0.39 is 5.82 Å². The zero-order valence-electron chi connectivity index (χ0n) is 6.88. The summed E-state index contributed by atoms with van der Waals surface area (Å²) in [4.78, 5) is -0.0475. The summed E-state index contributed by atoms with van der Waals surface area (Å²) < 4.78 is 21.7. The lowest BCUT2D eigenvalue weighted by Crippen LogP contribution is -2.25. The Hall–Kier alpha value is -2.45. The van der Waals surface area contributed by atoms with Gasteiger partial charge >= 0.3 is 5.52 Å². The number of benzene rings is 1. The maximum atomic E-state index is 13.3. The molecule has 0 atom stereocenters. The van der Waals surface area contributed by atoms with E-state index in [1.807, 2.05) is 0 Å². The van der Waals surface area contributed by atoms with Gasteiger partial charge in [-0.05, 0) is 9.81 Å². The molecule has 3 rings (SSSR count). The molecule has 2 aromatic heterocycles. The van der Waals surface area contributed by atoms with Crippen LogP contribution in [0.1, 0.15) is 0 Å². The average molecular weight is 212 g/mol. The van der Waals surface area contributed by atoms with Crippen molar-refractivity contribution >= 4 is 22.1 Å². The van der Waals surface area contributed by atoms with E-state index in [0.29, 0.717) is 0 Å². The molecular formula is C6HFN4O4. The largest absolute Gasteiger partial charge is 0.359 e. The van der Waals surface area contributed by atoms with Crippen molar-refractivity contribution in [1.82, 2.24) is 10.3 Å². The summed E-state index contributed by atoms with van der Waals surface area (Å²) in [5.74, 6) is -0.858. The number of aromatic nitrogens is 4. The Morgan fingerprint density at radius 2 is 1.80 bits per heavy atom. The minimum atomic E-state index is -0.858. The Labute approximate surface area is 79.1 Å². The summed E-state index contributed by atoms with van der Waals surface area (Å²) in [7, 11) is 0. The highest BCUT2D eigenvalue weighted by atomic mass is 19.1. The predicted molar refractivity (Wildman–Crippen MR) is 39.5 cm³/mol. The van der Waals surface area contributed by atoms with E-state index in [1.165, 1.54) is 0 Å². The number of hydrogen-bond donors (Lipinski definition) is 0. The highest BCUT2D eigenvalue weighted by Crippen LogP contribution is 2.20. The molecule has 0 aliphatic heterocycles. The summed E-state index contributed by atoms with van der Waals surface area (Å²) in [5, 5.41) is 28.5. The number of rotatable bonds is 0. The Kier molecular flexibility index (Phi) is 1.22. The molecule has 8 nitrogen and oxygen atoms in total. The lowest BCUT2D eigenvalue weighted by Gasteiger charge is -1.87. The number of nitrogens with zero attached hydrogens (tertiary/aromatic N) is 4. The number of hydrogen-bond acceptors (Lipinski definition) is 6. The van der Waals surface area contributed by atoms with Gasteiger partial charge in [0.2, 0.25) is 5.52 Å². The van der Waals surface area contributed by atoms with Crippen molar-refractivity contribution in [2.24, 2.45) is 0 Å². The number of halogens is 1. The van der Waals surface area contributed by atoms with Crippen LogP contribution in [0.5, 0.6) is 0 Å². The number of fused-ring (bicyclic) bond motifs is 3. The van der Waals surface area contributed by atoms with Crippen LogP contribution in [0.3, 0.4) is 0 Å². The summed E-state index contributed by atoms with van der Waals surface area (Å²) in [6.45, 7) is 0. The summed E-state index contributed by atoms with van der Waals surface area (Å²) in [5.41, 5.74) is -0.875. The van der Waals surface area contributed by atoms with Gasteiger partial charge in [-0.25, -0.2) is 4.39 Å². The molecule has 9 heteroatoms. The zero-order chi connectivity index (χ0) is 10.6. The second-order valence-corrected chi connectivity index (χ2v) is 2.78. The fourth-order valence-corrected chi connectivity index (χ4v) is 1.33. The molecule has 3 aromatic rings. The van der Waals surface area contributed by atoms with Gasteiger partial charge in [0, 0.05) is 11.2 Å². The van der Waals surface area contributed by atoms with Crippen molar-refractivity contribution in [2.75, 3.05) is 0 Å². The van der Waals surface area contributed by atoms with Gasteiger partial charge in [-0.2, -0.15) is 0 Å². The minimum Gasteiger partial charge on any atom is -0.359 e. The first-order valence-corrected chi connectivity index (χ1v) is 3.76. The Morgan fingerprint density at radius 1 is 1.13 bits per heavy atom. The molecule has 0 unspecified atom stereocenters. The molecule has 0 N–H and O–H groups in total. The van der Waals surface area contributed by atoms with Gasteiger partial charge in [-0.1, -0.05) is 0 Å². The van der Waals surface area contributed by atoms with Crippen molar-refractivity contribution in [3.63, 3.8) is 0 Å². The molecule has 0 aliphatic carbocycles. The van der Waals surface area contributed by atoms with E-state index in [9.17, 15) is 14.8 Å². The van der Waals surface area contributed by atoms with Gasteiger partial charge < -0.3 is 10.4 Å². The maximum Gasteiger partial charge on any atom is 0.304 e. The van der Waals surface area contributed by atoms with Crippen molar-refractivity contribution in [3.05, 3.63) is 22.3 Å². The van der Waals surface area contributed by atoms with Crippen molar-refractivity contribution in [1.29, 1.82) is 0 Å². The first kappa shape index (κ1) is 7.91. The molecule has 0 saturated carbocycles. The lowest BCUT2D eigenvalue weighted by molar-refractivity contribution is -0.782. The summed E-state index contributed by atoms with van der Waals surface area (Å²) >= 11 is 0. The molecule has 0 saturated heterocycles. The lowest BCUT2D eigenvalue weighted by atomic mass is 10.2. The normalized spacial score (nSPS) is 11.5. The van der Waals surface area contributed by atoms with E-state index in [4.69, 9.17) is 0 Å². The SMILES string of the molecule is [O-][n+]1onc2c1cc(F)c1no[n+]([O-])c12. The fourth-order valence-electron chi connectivity index (χ4n) is 1.33. The third kappa shape index (κ3) is 0.834. The standard InChI is InChI=1S/C6HFN4O4/c7-2-1-3-5(9-14-10(3)12)6-4(2)8-15-11(6)13/h1H. The van der Waals surface area contributed by atoms with Gasteiger partial charge in [-0.3, -0.25) is 9.26 Å². The van der Waals surface area contributed by atoms with Crippen LogP contribution in [0.2, 0.25) is 0 Å². The van der Waals surface area contributed by atoms with E-state index in [2.05, 4.69) is 19.6 Å². The third-order valence-corrected chi connectivity index (χ3v) is 1.97. The summed E-state index contributed by atoms with van der Waals surface area (Å²) in [6.07, 6.45) is 0. The molecule has 1 aromatic carbocycles. The fraction of sp³-hybridized carbons (Fsp3) is 0. The van der Waals surface area contributed by atoms with Gasteiger partial charge in [-0.15, -0.1) is 0 Å². The van der Waals surface area contributed by atoms with Crippen molar-refractivity contribution in [3.8, 4) is 0 Å². The van der Waals surface area contributed by atoms with E-state index >= 15 is 0 Å². The molecule has 0 amide bonds. The minimum absolute atomic E-state index is 0.00907. The topological polar surface area (TPSA) is 106 Å². The van der Waals surface area contributed by atoms with Crippen LogP contribution in [0.25, 0.3) is 22.1 Å². The van der Waals surface area contributed by atoms with Crippen molar-refractivity contribution in [2.45, 2.75) is 0 Å². The van der Waals surface area contributed by atoms with Crippen LogP contribution < -0.4 is 9.81 Å². The molecule has 0 radical (unpaired) electrons. The maximum absolute atomic E-state index is 13.3. The highest BCUT2D eigenvalue weighted by Gasteiger charge is 2.27. The van der Waals surface area contributed by atoms with Crippen molar-refractivity contribution < 1.29 is 23.5 Å². The highest BCUT2D eigenvalue weighted by molar-refractivity contribution is 5.96. The molecule has 15 heavy (non-hydrogen) atoms. The van der Waals surface area contributed by atoms with Crippen LogP contribution in [0, 0.1) is 16.2 Å². The Balaban J connectivity index is 2.68. The first-order valence-electron chi connectivity index (χ1n) is 3.76. The Morgan fingerprint density at radius 3 is 2.60 bits per heavy atom. The first-order chi connectivity index (χ1) is 7.18. The van der Waals surface area contributed by atoms with Gasteiger partial charge in [0.15, 0.2) is 5.82 Å². The average Bonchev–Trinajstić information content (AvgIpc) is 2.73. The van der Waals surface area contributed by atoms with Crippen LogP contribution in [0.4, 0.5) is 4.39 Å². The van der Waals surface area contributed by atoms with E-state index in [-0.39, 0.29) is 31.9 Å². The van der Waals surface area contributed by atoms with Crippen LogP contribution >= 0.6 is 0 Å². The molecule has 76 valence electrons. The predicted octanol–water partition coefficient (Wildman–Crippen LogP) is -0.625. The second kappa shape index (κ2) is 2.32. The van der Waals surface area contributed by atoms with Gasteiger partial charge in [0.05, 0.1) is 5.16 Å². The quantitative estimate of drug-likeness (QED) is 0.459. The monoisotopic (exact) mass is 212 g/mol. The smallest absolute Gasteiger partial charge is 0.304 e. The summed E-state index contributed by atoms with van der Waals surface area (Å²) in [6, 6.07) is 0.865. The zero-order valence-corrected chi connectivity index (χ0v) is 6.88.